The number of aliphatic hydroxyl groups is 1. The minimum Gasteiger partial charge on any atom is -0.393 e. The molecule has 0 bridgehead atoms. The van der Waals surface area contributed by atoms with Crippen LogP contribution in [0.4, 0.5) is 19.3 Å². The van der Waals surface area contributed by atoms with Crippen molar-refractivity contribution < 1.29 is 18.7 Å². The lowest BCUT2D eigenvalue weighted by Crippen LogP contribution is -2.45. The highest BCUT2D eigenvalue weighted by atomic mass is 19.1. The Morgan fingerprint density at radius 1 is 1.29 bits per heavy atom. The van der Waals surface area contributed by atoms with Crippen LogP contribution in [-0.4, -0.2) is 42.9 Å². The number of carbonyl (C=O) groups is 1. The number of rotatable bonds is 4. The quantitative estimate of drug-likeness (QED) is 0.786. The van der Waals surface area contributed by atoms with Crippen molar-refractivity contribution in [2.75, 3.05) is 24.5 Å². The minimum atomic E-state index is -0.599. The third-order valence-corrected chi connectivity index (χ3v) is 4.92. The molecule has 1 aliphatic carbocycles. The summed E-state index contributed by atoms with van der Waals surface area (Å²) >= 11 is 0. The van der Waals surface area contributed by atoms with Crippen LogP contribution in [0.3, 0.4) is 0 Å². The summed E-state index contributed by atoms with van der Waals surface area (Å²) in [7, 11) is 0. The molecule has 7 heteroatoms. The topological polar surface area (TPSA) is 64.6 Å². The lowest BCUT2D eigenvalue weighted by molar-refractivity contribution is 0.132. The Kier molecular flexibility index (Phi) is 5.18. The van der Waals surface area contributed by atoms with Gasteiger partial charge in [0, 0.05) is 37.7 Å². The van der Waals surface area contributed by atoms with Crippen LogP contribution in [0.25, 0.3) is 0 Å². The number of carbonyl (C=O) groups excluding carboxylic acids is 1. The molecule has 2 aliphatic rings. The van der Waals surface area contributed by atoms with Crippen LogP contribution >= 0.6 is 0 Å². The molecule has 2 fully saturated rings. The van der Waals surface area contributed by atoms with Crippen molar-refractivity contribution >= 4 is 11.7 Å². The molecule has 24 heavy (non-hydrogen) atoms. The number of benzene rings is 1. The van der Waals surface area contributed by atoms with Crippen LogP contribution in [0, 0.1) is 17.6 Å². The highest BCUT2D eigenvalue weighted by molar-refractivity contribution is 5.74. The van der Waals surface area contributed by atoms with Gasteiger partial charge in [-0.25, -0.2) is 13.6 Å². The van der Waals surface area contributed by atoms with Crippen LogP contribution in [-0.2, 0) is 0 Å². The monoisotopic (exact) mass is 339 g/mol. The van der Waals surface area contributed by atoms with E-state index >= 15 is 0 Å². The molecule has 1 aliphatic heterocycles. The van der Waals surface area contributed by atoms with Gasteiger partial charge in [-0.3, -0.25) is 0 Å². The second-order valence-corrected chi connectivity index (χ2v) is 6.64. The maximum absolute atomic E-state index is 13.8. The summed E-state index contributed by atoms with van der Waals surface area (Å²) in [4.78, 5) is 13.8. The van der Waals surface area contributed by atoms with E-state index in [1.165, 1.54) is 12.1 Å². The fourth-order valence-electron chi connectivity index (χ4n) is 3.55. The van der Waals surface area contributed by atoms with Gasteiger partial charge in [-0.05, 0) is 31.4 Å². The Labute approximate surface area is 140 Å². The molecule has 5 nitrogen and oxygen atoms in total. The Bertz CT molecular complexity index is 599. The Morgan fingerprint density at radius 2 is 2.12 bits per heavy atom. The number of aliphatic hydroxyl groups excluding tert-OH is 1. The van der Waals surface area contributed by atoms with Gasteiger partial charge in [0.1, 0.15) is 11.6 Å². The number of hydrogen-bond acceptors (Lipinski definition) is 3. The largest absolute Gasteiger partial charge is 0.393 e. The van der Waals surface area contributed by atoms with Gasteiger partial charge in [-0.15, -0.1) is 0 Å². The molecule has 1 saturated heterocycles. The van der Waals surface area contributed by atoms with E-state index in [0.29, 0.717) is 31.7 Å². The zero-order valence-electron chi connectivity index (χ0n) is 13.5. The molecule has 0 unspecified atom stereocenters. The Balaban J connectivity index is 1.46. The molecule has 132 valence electrons. The summed E-state index contributed by atoms with van der Waals surface area (Å²) in [5.74, 6) is -1.06. The van der Waals surface area contributed by atoms with Crippen molar-refractivity contribution in [3.63, 3.8) is 0 Å². The summed E-state index contributed by atoms with van der Waals surface area (Å²) in [5.41, 5.74) is 0.357. The SMILES string of the molecule is O=C(NC[C@@H]1CCC[C@@H]1O)N[C@H]1CCN(c2ccc(F)cc2F)C1. The average Bonchev–Trinajstić information content (AvgIpc) is 3.14. The van der Waals surface area contributed by atoms with E-state index in [2.05, 4.69) is 10.6 Å². The summed E-state index contributed by atoms with van der Waals surface area (Å²) in [6.07, 6.45) is 3.11. The van der Waals surface area contributed by atoms with Crippen LogP contribution in [0.15, 0.2) is 18.2 Å². The second kappa shape index (κ2) is 7.34. The van der Waals surface area contributed by atoms with E-state index < -0.39 is 11.6 Å². The summed E-state index contributed by atoms with van der Waals surface area (Å²) in [5, 5.41) is 15.4. The molecule has 3 rings (SSSR count). The maximum Gasteiger partial charge on any atom is 0.315 e. The van der Waals surface area contributed by atoms with Crippen molar-refractivity contribution in [2.24, 2.45) is 5.92 Å². The molecule has 3 atom stereocenters. The van der Waals surface area contributed by atoms with Gasteiger partial charge in [-0.1, -0.05) is 6.42 Å². The molecule has 0 radical (unpaired) electrons. The van der Waals surface area contributed by atoms with E-state index in [1.54, 1.807) is 4.90 Å². The normalized spacial score (nSPS) is 26.6. The molecular formula is C17H23F2N3O2. The molecule has 1 saturated carbocycles. The number of nitrogens with zero attached hydrogens (tertiary/aromatic N) is 1. The lowest BCUT2D eigenvalue weighted by Gasteiger charge is -2.20. The number of nitrogens with one attached hydrogen (secondary N) is 2. The van der Waals surface area contributed by atoms with Gasteiger partial charge in [0.25, 0.3) is 0 Å². The molecule has 1 aromatic rings. The fourth-order valence-corrected chi connectivity index (χ4v) is 3.55. The molecule has 0 spiro atoms. The van der Waals surface area contributed by atoms with E-state index in [1.807, 2.05) is 0 Å². The third kappa shape index (κ3) is 3.95. The first-order valence-corrected chi connectivity index (χ1v) is 8.45. The Hall–Kier alpha value is -1.89. The van der Waals surface area contributed by atoms with E-state index in [0.717, 1.165) is 25.3 Å². The molecule has 1 aromatic carbocycles. The minimum absolute atomic E-state index is 0.0806. The third-order valence-electron chi connectivity index (χ3n) is 4.92. The van der Waals surface area contributed by atoms with E-state index in [9.17, 15) is 18.7 Å². The molecule has 0 aromatic heterocycles. The summed E-state index contributed by atoms with van der Waals surface area (Å²) in [6, 6.07) is 3.19. The number of urea groups is 1. The molecular weight excluding hydrogens is 316 g/mol. The second-order valence-electron chi connectivity index (χ2n) is 6.64. The number of halogens is 2. The van der Waals surface area contributed by atoms with Gasteiger partial charge in [0.05, 0.1) is 11.8 Å². The standard InChI is InChI=1S/C17H23F2N3O2/c18-12-4-5-15(14(19)8-12)22-7-6-13(10-22)21-17(24)20-9-11-2-1-3-16(11)23/h4-5,8,11,13,16,23H,1-3,6-7,9-10H2,(H2,20,21,24)/t11-,13-,16-/m0/s1. The summed E-state index contributed by atoms with van der Waals surface area (Å²) < 4.78 is 26.8. The van der Waals surface area contributed by atoms with Gasteiger partial charge in [0.15, 0.2) is 0 Å². The van der Waals surface area contributed by atoms with Gasteiger partial charge < -0.3 is 20.6 Å². The summed E-state index contributed by atoms with van der Waals surface area (Å²) in [6.45, 7) is 1.56. The first-order chi connectivity index (χ1) is 11.5. The number of amides is 2. The first-order valence-electron chi connectivity index (χ1n) is 8.45. The Morgan fingerprint density at radius 3 is 2.83 bits per heavy atom. The van der Waals surface area contributed by atoms with E-state index in [-0.39, 0.29) is 24.1 Å². The van der Waals surface area contributed by atoms with Crippen molar-refractivity contribution in [3.05, 3.63) is 29.8 Å². The molecule has 3 N–H and O–H groups in total. The highest BCUT2D eigenvalue weighted by Gasteiger charge is 2.28. The average molecular weight is 339 g/mol. The molecule has 1 heterocycles. The first kappa shape index (κ1) is 17.0. The van der Waals surface area contributed by atoms with Crippen molar-refractivity contribution in [2.45, 2.75) is 37.8 Å². The highest BCUT2D eigenvalue weighted by Crippen LogP contribution is 2.25. The fraction of sp³-hybridized carbons (Fsp3) is 0.588. The zero-order valence-corrected chi connectivity index (χ0v) is 13.5. The van der Waals surface area contributed by atoms with Crippen LogP contribution < -0.4 is 15.5 Å². The van der Waals surface area contributed by atoms with Crippen molar-refractivity contribution in [1.82, 2.24) is 10.6 Å². The van der Waals surface area contributed by atoms with Gasteiger partial charge in [0.2, 0.25) is 0 Å². The molecule has 2 amide bonds. The smallest absolute Gasteiger partial charge is 0.315 e. The van der Waals surface area contributed by atoms with Gasteiger partial charge in [-0.2, -0.15) is 0 Å². The maximum atomic E-state index is 13.8. The number of hydrogen-bond donors (Lipinski definition) is 3. The van der Waals surface area contributed by atoms with Crippen LogP contribution in [0.1, 0.15) is 25.7 Å². The van der Waals surface area contributed by atoms with Crippen molar-refractivity contribution in [3.8, 4) is 0 Å². The van der Waals surface area contributed by atoms with Gasteiger partial charge >= 0.3 is 6.03 Å². The van der Waals surface area contributed by atoms with E-state index in [4.69, 9.17) is 0 Å². The predicted molar refractivity (Wildman–Crippen MR) is 86.9 cm³/mol. The predicted octanol–water partition coefficient (Wildman–Crippen LogP) is 2.00. The lowest BCUT2D eigenvalue weighted by atomic mass is 10.1. The number of anilines is 1. The van der Waals surface area contributed by atoms with Crippen molar-refractivity contribution in [1.29, 1.82) is 0 Å². The van der Waals surface area contributed by atoms with Crippen LogP contribution in [0.2, 0.25) is 0 Å². The zero-order chi connectivity index (χ0) is 17.1. The van der Waals surface area contributed by atoms with Crippen LogP contribution in [0.5, 0.6) is 0 Å².